The van der Waals surface area contributed by atoms with Crippen LogP contribution in [0.2, 0.25) is 0 Å². The molecule has 0 amide bonds. The Kier molecular flexibility index (Phi) is 2.86. The van der Waals surface area contributed by atoms with Crippen molar-refractivity contribution in [3.8, 4) is 0 Å². The van der Waals surface area contributed by atoms with E-state index in [0.717, 1.165) is 23.9 Å². The molecule has 1 aliphatic heterocycles. The molecule has 0 fully saturated rings. The Bertz CT molecular complexity index is 620. The molecule has 100 valence electrons. The lowest BCUT2D eigenvalue weighted by Gasteiger charge is -2.28. The maximum atomic E-state index is 11.8. The summed E-state index contributed by atoms with van der Waals surface area (Å²) in [5.41, 5.74) is 6.10. The molecule has 0 radical (unpaired) electrons. The summed E-state index contributed by atoms with van der Waals surface area (Å²) < 4.78 is 10.9. The van der Waals surface area contributed by atoms with E-state index >= 15 is 0 Å². The van der Waals surface area contributed by atoms with Crippen molar-refractivity contribution in [3.63, 3.8) is 0 Å². The zero-order valence-electron chi connectivity index (χ0n) is 10.4. The topological polar surface area (TPSA) is 86.3 Å². The van der Waals surface area contributed by atoms with E-state index in [0.29, 0.717) is 12.1 Å². The summed E-state index contributed by atoms with van der Waals surface area (Å²) in [6, 6.07) is 0. The van der Waals surface area contributed by atoms with Crippen LogP contribution in [0.3, 0.4) is 0 Å². The predicted octanol–water partition coefficient (Wildman–Crippen LogP) is 0.729. The van der Waals surface area contributed by atoms with Gasteiger partial charge in [-0.1, -0.05) is 0 Å². The number of hydrogen-bond donors (Lipinski definition) is 1. The van der Waals surface area contributed by atoms with Crippen LogP contribution in [-0.2, 0) is 17.8 Å². The highest BCUT2D eigenvalue weighted by Gasteiger charge is 2.26. The van der Waals surface area contributed by atoms with Gasteiger partial charge in [0.1, 0.15) is 16.4 Å². The lowest BCUT2D eigenvalue weighted by Crippen LogP contribution is -2.34. The predicted molar refractivity (Wildman–Crippen MR) is 71.1 cm³/mol. The quantitative estimate of drug-likeness (QED) is 0.816. The Morgan fingerprint density at radius 2 is 2.37 bits per heavy atom. The summed E-state index contributed by atoms with van der Waals surface area (Å²) in [4.78, 5) is 18.1. The van der Waals surface area contributed by atoms with E-state index in [1.807, 2.05) is 6.20 Å². The van der Waals surface area contributed by atoms with Crippen molar-refractivity contribution in [3.05, 3.63) is 23.8 Å². The van der Waals surface area contributed by atoms with E-state index in [1.54, 1.807) is 6.20 Å². The molecule has 0 saturated heterocycles. The molecule has 7 nitrogen and oxygen atoms in total. The van der Waals surface area contributed by atoms with E-state index < -0.39 is 5.97 Å². The number of fused-ring (bicyclic) bond motifs is 1. The molecule has 2 aromatic heterocycles. The second-order valence-corrected chi connectivity index (χ2v) is 4.95. The summed E-state index contributed by atoms with van der Waals surface area (Å²) in [6.07, 6.45) is 3.73. The van der Waals surface area contributed by atoms with Gasteiger partial charge in [-0.25, -0.2) is 9.78 Å². The van der Waals surface area contributed by atoms with Gasteiger partial charge in [0.15, 0.2) is 5.82 Å². The van der Waals surface area contributed by atoms with Gasteiger partial charge in [0.2, 0.25) is 0 Å². The van der Waals surface area contributed by atoms with Gasteiger partial charge in [0.05, 0.1) is 13.7 Å². The summed E-state index contributed by atoms with van der Waals surface area (Å²) in [6.45, 7) is 2.25. The molecule has 0 aliphatic carbocycles. The lowest BCUT2D eigenvalue weighted by molar-refractivity contribution is 0.0603. The van der Waals surface area contributed by atoms with E-state index in [-0.39, 0.29) is 5.82 Å². The minimum Gasteiger partial charge on any atom is -0.465 e. The normalized spacial score (nSPS) is 14.3. The standard InChI is InChI=1S/C11H13N5O2S/c1-18-11(17)8-9(12)14-19-10(8)16-5-4-15-3-2-13-7(15)6-16/h2-3H,4-6H2,1H3,(H2,12,14). The highest BCUT2D eigenvalue weighted by Crippen LogP contribution is 2.33. The maximum Gasteiger partial charge on any atom is 0.344 e. The maximum absolute atomic E-state index is 11.8. The van der Waals surface area contributed by atoms with Crippen LogP contribution in [0, 0.1) is 0 Å². The number of nitrogen functional groups attached to an aromatic ring is 1. The molecule has 1 aliphatic rings. The summed E-state index contributed by atoms with van der Waals surface area (Å²) >= 11 is 1.22. The SMILES string of the molecule is COC(=O)c1c(N)nsc1N1CCn2ccnc2C1. The van der Waals surface area contributed by atoms with Gasteiger partial charge >= 0.3 is 5.97 Å². The highest BCUT2D eigenvalue weighted by molar-refractivity contribution is 7.11. The number of carbonyl (C=O) groups excluding carboxylic acids is 1. The first kappa shape index (κ1) is 12.0. The molecule has 0 saturated carbocycles. The van der Waals surface area contributed by atoms with Crippen molar-refractivity contribution >= 4 is 28.3 Å². The van der Waals surface area contributed by atoms with E-state index in [9.17, 15) is 4.79 Å². The van der Waals surface area contributed by atoms with Crippen LogP contribution < -0.4 is 10.6 Å². The Morgan fingerprint density at radius 3 is 3.16 bits per heavy atom. The fourth-order valence-corrected chi connectivity index (χ4v) is 2.98. The number of nitrogens with two attached hydrogens (primary N) is 1. The Labute approximate surface area is 113 Å². The number of imidazole rings is 1. The zero-order chi connectivity index (χ0) is 13.4. The molecule has 0 spiro atoms. The minimum atomic E-state index is -0.449. The number of anilines is 2. The van der Waals surface area contributed by atoms with Gasteiger partial charge in [0, 0.05) is 25.5 Å². The van der Waals surface area contributed by atoms with E-state index in [1.165, 1.54) is 18.6 Å². The molecule has 3 rings (SSSR count). The summed E-state index contributed by atoms with van der Waals surface area (Å²) in [7, 11) is 1.34. The van der Waals surface area contributed by atoms with E-state index in [4.69, 9.17) is 10.5 Å². The molecule has 0 atom stereocenters. The molecule has 2 N–H and O–H groups in total. The van der Waals surface area contributed by atoms with Crippen molar-refractivity contribution in [2.75, 3.05) is 24.3 Å². The van der Waals surface area contributed by atoms with E-state index in [2.05, 4.69) is 18.8 Å². The summed E-state index contributed by atoms with van der Waals surface area (Å²) in [5, 5.41) is 0.749. The molecule has 0 aromatic carbocycles. The molecule has 19 heavy (non-hydrogen) atoms. The molecule has 0 unspecified atom stereocenters. The number of aromatic nitrogens is 3. The van der Waals surface area contributed by atoms with Crippen LogP contribution in [0.15, 0.2) is 12.4 Å². The second-order valence-electron chi connectivity index (χ2n) is 4.20. The first-order chi connectivity index (χ1) is 9.20. The second kappa shape index (κ2) is 4.54. The smallest absolute Gasteiger partial charge is 0.344 e. The highest BCUT2D eigenvalue weighted by atomic mass is 32.1. The first-order valence-electron chi connectivity index (χ1n) is 5.79. The first-order valence-corrected chi connectivity index (χ1v) is 6.56. The Hall–Kier alpha value is -2.09. The molecular weight excluding hydrogens is 266 g/mol. The van der Waals surface area contributed by atoms with Crippen LogP contribution in [0.5, 0.6) is 0 Å². The van der Waals surface area contributed by atoms with Crippen LogP contribution in [-0.4, -0.2) is 33.5 Å². The van der Waals surface area contributed by atoms with Gasteiger partial charge in [-0.05, 0) is 11.5 Å². The Balaban J connectivity index is 1.94. The average molecular weight is 279 g/mol. The fourth-order valence-electron chi connectivity index (χ4n) is 2.15. The monoisotopic (exact) mass is 279 g/mol. The molecule has 8 heteroatoms. The number of carbonyl (C=O) groups is 1. The van der Waals surface area contributed by atoms with Gasteiger partial charge in [-0.2, -0.15) is 4.37 Å². The molecule has 2 aromatic rings. The van der Waals surface area contributed by atoms with Gasteiger partial charge in [-0.15, -0.1) is 0 Å². The van der Waals surface area contributed by atoms with Crippen molar-refractivity contribution in [2.45, 2.75) is 13.1 Å². The number of methoxy groups -OCH3 is 1. The third-order valence-electron chi connectivity index (χ3n) is 3.12. The van der Waals surface area contributed by atoms with Crippen LogP contribution in [0.4, 0.5) is 10.8 Å². The van der Waals surface area contributed by atoms with Crippen molar-refractivity contribution in [1.82, 2.24) is 13.9 Å². The molecular formula is C11H13N5O2S. The molecule has 3 heterocycles. The van der Waals surface area contributed by atoms with Crippen LogP contribution >= 0.6 is 11.5 Å². The number of rotatable bonds is 2. The number of hydrogen-bond acceptors (Lipinski definition) is 7. The van der Waals surface area contributed by atoms with Crippen molar-refractivity contribution in [2.24, 2.45) is 0 Å². The zero-order valence-corrected chi connectivity index (χ0v) is 11.2. The fraction of sp³-hybridized carbons (Fsp3) is 0.364. The molecule has 0 bridgehead atoms. The summed E-state index contributed by atoms with van der Waals surface area (Å²) in [5.74, 6) is 0.741. The lowest BCUT2D eigenvalue weighted by atomic mass is 10.2. The van der Waals surface area contributed by atoms with Gasteiger partial charge in [-0.3, -0.25) is 0 Å². The van der Waals surface area contributed by atoms with Crippen LogP contribution in [0.25, 0.3) is 0 Å². The number of nitrogens with zero attached hydrogens (tertiary/aromatic N) is 4. The average Bonchev–Trinajstić information content (AvgIpc) is 3.03. The third kappa shape index (κ3) is 1.93. The van der Waals surface area contributed by atoms with Crippen molar-refractivity contribution in [1.29, 1.82) is 0 Å². The van der Waals surface area contributed by atoms with Crippen LogP contribution in [0.1, 0.15) is 16.2 Å². The number of ether oxygens (including phenoxy) is 1. The third-order valence-corrected chi connectivity index (χ3v) is 4.05. The number of esters is 1. The van der Waals surface area contributed by atoms with Gasteiger partial charge < -0.3 is 19.9 Å². The largest absolute Gasteiger partial charge is 0.465 e. The Morgan fingerprint density at radius 1 is 1.53 bits per heavy atom. The minimum absolute atomic E-state index is 0.223. The van der Waals surface area contributed by atoms with Crippen molar-refractivity contribution < 1.29 is 9.53 Å². The van der Waals surface area contributed by atoms with Gasteiger partial charge in [0.25, 0.3) is 0 Å².